The summed E-state index contributed by atoms with van der Waals surface area (Å²) in [7, 11) is 1.61. The van der Waals surface area contributed by atoms with Gasteiger partial charge in [-0.3, -0.25) is 4.99 Å². The van der Waals surface area contributed by atoms with Gasteiger partial charge in [-0.2, -0.15) is 0 Å². The average molecular weight is 443 g/mol. The van der Waals surface area contributed by atoms with Gasteiger partial charge in [-0.05, 0) is 33.6 Å². The Kier molecular flexibility index (Phi) is 9.08. The molecule has 0 spiro atoms. The maximum absolute atomic E-state index is 9.65. The summed E-state index contributed by atoms with van der Waals surface area (Å²) in [5, 5.41) is 10.2. The Balaban J connectivity index is 2.16. The van der Waals surface area contributed by atoms with Crippen LogP contribution < -0.4 is 4.74 Å². The van der Waals surface area contributed by atoms with Gasteiger partial charge in [0.25, 0.3) is 0 Å². The number of benzene rings is 2. The second-order valence-corrected chi connectivity index (χ2v) is 6.65. The fourth-order valence-electron chi connectivity index (χ4n) is 2.21. The lowest BCUT2D eigenvalue weighted by Crippen LogP contribution is -2.09. The van der Waals surface area contributed by atoms with Crippen molar-refractivity contribution in [3.8, 4) is 5.75 Å². The predicted octanol–water partition coefficient (Wildman–Crippen LogP) is 4.25. The highest BCUT2D eigenvalue weighted by molar-refractivity contribution is 9.10. The molecule has 2 aromatic rings. The zero-order valence-electron chi connectivity index (χ0n) is 14.4. The van der Waals surface area contributed by atoms with Crippen molar-refractivity contribution in [2.45, 2.75) is 6.04 Å². The van der Waals surface area contributed by atoms with E-state index >= 15 is 0 Å². The summed E-state index contributed by atoms with van der Waals surface area (Å²) in [6, 6.07) is 12.7. The van der Waals surface area contributed by atoms with Crippen molar-refractivity contribution in [1.82, 2.24) is 0 Å². The van der Waals surface area contributed by atoms with Gasteiger partial charge in [0.05, 0.1) is 30.3 Å². The first kappa shape index (κ1) is 20.9. The van der Waals surface area contributed by atoms with E-state index in [0.29, 0.717) is 34.0 Å². The number of nitrogens with zero attached hydrogens (tertiary/aromatic N) is 1. The highest BCUT2D eigenvalue weighted by Crippen LogP contribution is 2.32. The fourth-order valence-corrected chi connectivity index (χ4v) is 3.16. The number of ether oxygens (including phenoxy) is 3. The van der Waals surface area contributed by atoms with Crippen LogP contribution in [0.3, 0.4) is 0 Å². The molecule has 140 valence electrons. The lowest BCUT2D eigenvalue weighted by molar-refractivity contribution is -0.00885. The number of halogens is 2. The van der Waals surface area contributed by atoms with Gasteiger partial charge in [0.2, 0.25) is 0 Å². The Morgan fingerprint density at radius 1 is 1.23 bits per heavy atom. The summed E-state index contributed by atoms with van der Waals surface area (Å²) < 4.78 is 16.7. The second-order valence-electron chi connectivity index (χ2n) is 5.36. The molecule has 0 aliphatic carbocycles. The summed E-state index contributed by atoms with van der Waals surface area (Å²) in [5.41, 5.74) is 1.62. The summed E-state index contributed by atoms with van der Waals surface area (Å²) in [6.07, 6.45) is 1.65. The van der Waals surface area contributed by atoms with Gasteiger partial charge < -0.3 is 19.3 Å². The number of rotatable bonds is 10. The standard InChI is InChI=1S/C19H21BrClNO4/c1-24-7-8-25-13-26-19-15(9-16(21)10-17(19)20)11-22-18(12-23)14-5-3-2-4-6-14/h2-6,9-11,18,23H,7-8,12-13H2,1H3. The maximum Gasteiger partial charge on any atom is 0.189 e. The molecule has 7 heteroatoms. The molecule has 0 amide bonds. The highest BCUT2D eigenvalue weighted by Gasteiger charge is 2.11. The van der Waals surface area contributed by atoms with Gasteiger partial charge in [0.15, 0.2) is 6.79 Å². The molecule has 1 N–H and O–H groups in total. The topological polar surface area (TPSA) is 60.3 Å². The van der Waals surface area contributed by atoms with Crippen LogP contribution >= 0.6 is 27.5 Å². The summed E-state index contributed by atoms with van der Waals surface area (Å²) in [4.78, 5) is 4.49. The maximum atomic E-state index is 9.65. The molecule has 5 nitrogen and oxygen atoms in total. The van der Waals surface area contributed by atoms with E-state index in [1.54, 1.807) is 25.5 Å². The van der Waals surface area contributed by atoms with Gasteiger partial charge in [0, 0.05) is 23.9 Å². The number of aliphatic imine (C=N–C) groups is 1. The largest absolute Gasteiger partial charge is 0.466 e. The van der Waals surface area contributed by atoms with Crippen LogP contribution in [0.15, 0.2) is 51.9 Å². The van der Waals surface area contributed by atoms with Crippen molar-refractivity contribution in [2.24, 2.45) is 4.99 Å². The monoisotopic (exact) mass is 441 g/mol. The van der Waals surface area contributed by atoms with Gasteiger partial charge in [-0.1, -0.05) is 41.9 Å². The first-order valence-electron chi connectivity index (χ1n) is 8.03. The van der Waals surface area contributed by atoms with Crippen LogP contribution in [0.4, 0.5) is 0 Å². The molecular weight excluding hydrogens is 422 g/mol. The molecule has 0 aromatic heterocycles. The Labute approximate surface area is 166 Å². The van der Waals surface area contributed by atoms with Gasteiger partial charge >= 0.3 is 0 Å². The normalized spacial score (nSPS) is 12.5. The fraction of sp³-hybridized carbons (Fsp3) is 0.316. The van der Waals surface area contributed by atoms with Gasteiger partial charge in [-0.25, -0.2) is 0 Å². The molecule has 1 atom stereocenters. The molecule has 0 radical (unpaired) electrons. The van der Waals surface area contributed by atoms with Crippen LogP contribution in [0.25, 0.3) is 0 Å². The lowest BCUT2D eigenvalue weighted by atomic mass is 10.1. The molecule has 0 aliphatic heterocycles. The Hall–Kier alpha value is -1.44. The number of hydrogen-bond donors (Lipinski definition) is 1. The van der Waals surface area contributed by atoms with E-state index in [1.807, 2.05) is 30.3 Å². The smallest absolute Gasteiger partial charge is 0.189 e. The quantitative estimate of drug-likeness (QED) is 0.339. The molecule has 0 saturated heterocycles. The van der Waals surface area contributed by atoms with Crippen LogP contribution in [0.1, 0.15) is 17.2 Å². The third kappa shape index (κ3) is 6.37. The first-order chi connectivity index (χ1) is 12.7. The van der Waals surface area contributed by atoms with E-state index in [-0.39, 0.29) is 19.4 Å². The minimum Gasteiger partial charge on any atom is -0.466 e. The SMILES string of the molecule is COCCOCOc1c(Br)cc(Cl)cc1C=NC(CO)c1ccccc1. The minimum absolute atomic E-state index is 0.0759. The van der Waals surface area contributed by atoms with Crippen LogP contribution in [0.5, 0.6) is 5.75 Å². The lowest BCUT2D eigenvalue weighted by Gasteiger charge is -2.13. The van der Waals surface area contributed by atoms with Crippen molar-refractivity contribution < 1.29 is 19.3 Å². The molecule has 0 saturated carbocycles. The highest BCUT2D eigenvalue weighted by atomic mass is 79.9. The van der Waals surface area contributed by atoms with Crippen LogP contribution in [-0.2, 0) is 9.47 Å². The molecule has 2 rings (SSSR count). The van der Waals surface area contributed by atoms with Crippen LogP contribution in [0, 0.1) is 0 Å². The first-order valence-corrected chi connectivity index (χ1v) is 9.20. The second kappa shape index (κ2) is 11.3. The molecule has 0 heterocycles. The molecule has 0 fully saturated rings. The summed E-state index contributed by atoms with van der Waals surface area (Å²) >= 11 is 9.60. The van der Waals surface area contributed by atoms with Crippen molar-refractivity contribution in [2.75, 3.05) is 33.7 Å². The van der Waals surface area contributed by atoms with E-state index in [2.05, 4.69) is 20.9 Å². The van der Waals surface area contributed by atoms with Crippen molar-refractivity contribution in [3.05, 3.63) is 63.1 Å². The third-order valence-corrected chi connectivity index (χ3v) is 4.31. The third-order valence-electron chi connectivity index (χ3n) is 3.51. The molecule has 0 aliphatic rings. The van der Waals surface area contributed by atoms with Crippen molar-refractivity contribution in [3.63, 3.8) is 0 Å². The molecule has 0 bridgehead atoms. The van der Waals surface area contributed by atoms with Gasteiger partial charge in [0.1, 0.15) is 5.75 Å². The van der Waals surface area contributed by atoms with E-state index in [1.165, 1.54) is 0 Å². The van der Waals surface area contributed by atoms with Crippen molar-refractivity contribution >= 4 is 33.7 Å². The van der Waals surface area contributed by atoms with Crippen molar-refractivity contribution in [1.29, 1.82) is 0 Å². The average Bonchev–Trinajstić information content (AvgIpc) is 2.64. The van der Waals surface area contributed by atoms with Crippen LogP contribution in [0.2, 0.25) is 5.02 Å². The molecule has 1 unspecified atom stereocenters. The van der Waals surface area contributed by atoms with Crippen LogP contribution in [-0.4, -0.2) is 45.0 Å². The van der Waals surface area contributed by atoms with Gasteiger partial charge in [-0.15, -0.1) is 0 Å². The molecular formula is C19H21BrClNO4. The minimum atomic E-state index is -0.361. The Morgan fingerprint density at radius 3 is 2.69 bits per heavy atom. The van der Waals surface area contributed by atoms with E-state index in [9.17, 15) is 5.11 Å². The molecule has 26 heavy (non-hydrogen) atoms. The Bertz CT molecular complexity index is 712. The number of aliphatic hydroxyl groups is 1. The Morgan fingerprint density at radius 2 is 2.00 bits per heavy atom. The number of methoxy groups -OCH3 is 1. The van der Waals surface area contributed by atoms with E-state index in [0.717, 1.165) is 5.56 Å². The summed E-state index contributed by atoms with van der Waals surface area (Å²) in [5.74, 6) is 0.570. The number of hydrogen-bond acceptors (Lipinski definition) is 5. The number of aliphatic hydroxyl groups excluding tert-OH is 1. The summed E-state index contributed by atoms with van der Waals surface area (Å²) in [6.45, 7) is 0.908. The molecule has 2 aromatic carbocycles. The van der Waals surface area contributed by atoms with E-state index in [4.69, 9.17) is 25.8 Å². The zero-order valence-corrected chi connectivity index (χ0v) is 16.7. The zero-order chi connectivity index (χ0) is 18.8. The van der Waals surface area contributed by atoms with E-state index < -0.39 is 0 Å². The predicted molar refractivity (Wildman–Crippen MR) is 106 cm³/mol.